The van der Waals surface area contributed by atoms with Crippen molar-refractivity contribution < 1.29 is 15.0 Å². The van der Waals surface area contributed by atoms with Crippen LogP contribution in [0.4, 0.5) is 0 Å². The lowest BCUT2D eigenvalue weighted by molar-refractivity contribution is -0.146. The number of aliphatic hydroxyl groups is 1. The molecule has 13 heavy (non-hydrogen) atoms. The molecule has 1 atom stereocenters. The van der Waals surface area contributed by atoms with Gasteiger partial charge in [0.1, 0.15) is 0 Å². The number of rotatable bonds is 3. The summed E-state index contributed by atoms with van der Waals surface area (Å²) in [6.45, 7) is 1.96. The zero-order chi connectivity index (χ0) is 9.84. The van der Waals surface area contributed by atoms with Crippen molar-refractivity contribution >= 4 is 5.97 Å². The molecule has 0 radical (unpaired) electrons. The first-order valence-electron chi connectivity index (χ1n) is 4.06. The van der Waals surface area contributed by atoms with Crippen LogP contribution in [0.2, 0.25) is 0 Å². The third-order valence-corrected chi connectivity index (χ3v) is 1.83. The van der Waals surface area contributed by atoms with E-state index in [-0.39, 0.29) is 6.42 Å². The number of carbonyl (C=O) groups is 1. The van der Waals surface area contributed by atoms with Gasteiger partial charge < -0.3 is 10.2 Å². The lowest BCUT2D eigenvalue weighted by atomic mass is 10.1. The highest BCUT2D eigenvalue weighted by Gasteiger charge is 2.12. The Kier molecular flexibility index (Phi) is 3.03. The van der Waals surface area contributed by atoms with Gasteiger partial charge in [-0.15, -0.1) is 0 Å². The van der Waals surface area contributed by atoms with Crippen LogP contribution >= 0.6 is 0 Å². The van der Waals surface area contributed by atoms with Crippen LogP contribution < -0.4 is 0 Å². The van der Waals surface area contributed by atoms with E-state index in [1.54, 1.807) is 0 Å². The van der Waals surface area contributed by atoms with Crippen molar-refractivity contribution in [2.24, 2.45) is 0 Å². The molecule has 70 valence electrons. The molecule has 3 heteroatoms. The minimum atomic E-state index is -1.30. The molecule has 1 aromatic carbocycles. The predicted molar refractivity (Wildman–Crippen MR) is 48.5 cm³/mol. The Bertz CT molecular complexity index is 290. The summed E-state index contributed by atoms with van der Waals surface area (Å²) in [6.07, 6.45) is -1.14. The summed E-state index contributed by atoms with van der Waals surface area (Å²) in [4.78, 5) is 10.3. The fraction of sp³-hybridized carbons (Fsp3) is 0.300. The first kappa shape index (κ1) is 9.74. The van der Waals surface area contributed by atoms with Gasteiger partial charge in [0.2, 0.25) is 0 Å². The molecule has 0 aliphatic carbocycles. The minimum Gasteiger partial charge on any atom is -0.479 e. The normalized spacial score (nSPS) is 12.5. The van der Waals surface area contributed by atoms with Gasteiger partial charge in [-0.25, -0.2) is 4.79 Å². The SMILES string of the molecule is Cc1ccc(C[C@@H](O)C(=O)O)cc1. The summed E-state index contributed by atoms with van der Waals surface area (Å²) >= 11 is 0. The first-order valence-corrected chi connectivity index (χ1v) is 4.06. The van der Waals surface area contributed by atoms with E-state index in [4.69, 9.17) is 10.2 Å². The second-order valence-electron chi connectivity index (χ2n) is 3.04. The lowest BCUT2D eigenvalue weighted by Gasteiger charge is -2.05. The Morgan fingerprint density at radius 1 is 1.38 bits per heavy atom. The van der Waals surface area contributed by atoms with Gasteiger partial charge in [-0.3, -0.25) is 0 Å². The van der Waals surface area contributed by atoms with Crippen LogP contribution in [0.1, 0.15) is 11.1 Å². The van der Waals surface area contributed by atoms with Crippen molar-refractivity contribution in [3.63, 3.8) is 0 Å². The highest BCUT2D eigenvalue weighted by molar-refractivity contribution is 5.72. The molecule has 2 N–H and O–H groups in total. The molecule has 1 rings (SSSR count). The number of carboxylic acids is 1. The standard InChI is InChI=1S/C10H12O3/c1-7-2-4-8(5-3-7)6-9(11)10(12)13/h2-5,9,11H,6H2,1H3,(H,12,13)/t9-/m1/s1. The summed E-state index contributed by atoms with van der Waals surface area (Å²) in [5, 5.41) is 17.5. The Morgan fingerprint density at radius 2 is 1.92 bits per heavy atom. The van der Waals surface area contributed by atoms with Crippen molar-refractivity contribution in [3.8, 4) is 0 Å². The fourth-order valence-electron chi connectivity index (χ4n) is 1.03. The second-order valence-corrected chi connectivity index (χ2v) is 3.04. The van der Waals surface area contributed by atoms with Crippen LogP contribution in [0.25, 0.3) is 0 Å². The van der Waals surface area contributed by atoms with Crippen LogP contribution in [0, 0.1) is 6.92 Å². The average Bonchev–Trinajstić information content (AvgIpc) is 2.08. The van der Waals surface area contributed by atoms with Crippen LogP contribution in [-0.4, -0.2) is 22.3 Å². The van der Waals surface area contributed by atoms with Crippen LogP contribution in [0.15, 0.2) is 24.3 Å². The Hall–Kier alpha value is -1.35. The summed E-state index contributed by atoms with van der Waals surface area (Å²) in [6, 6.07) is 7.43. The maximum Gasteiger partial charge on any atom is 0.332 e. The highest BCUT2D eigenvalue weighted by atomic mass is 16.4. The quantitative estimate of drug-likeness (QED) is 0.729. The number of benzene rings is 1. The Balaban J connectivity index is 2.64. The molecule has 1 aromatic rings. The highest BCUT2D eigenvalue weighted by Crippen LogP contribution is 2.05. The van der Waals surface area contributed by atoms with Crippen molar-refractivity contribution in [3.05, 3.63) is 35.4 Å². The van der Waals surface area contributed by atoms with E-state index < -0.39 is 12.1 Å². The third-order valence-electron chi connectivity index (χ3n) is 1.83. The maximum absolute atomic E-state index is 10.3. The maximum atomic E-state index is 10.3. The number of aryl methyl sites for hydroxylation is 1. The third kappa shape index (κ3) is 2.87. The smallest absolute Gasteiger partial charge is 0.332 e. The van der Waals surface area contributed by atoms with E-state index in [0.29, 0.717) is 0 Å². The summed E-state index contributed by atoms with van der Waals surface area (Å²) in [5.41, 5.74) is 1.95. The molecule has 0 saturated heterocycles. The molecule has 0 saturated carbocycles. The number of aliphatic carboxylic acids is 1. The first-order chi connectivity index (χ1) is 6.09. The molecule has 0 aliphatic rings. The van der Waals surface area contributed by atoms with Gasteiger partial charge in [0.25, 0.3) is 0 Å². The predicted octanol–water partition coefficient (Wildman–Crippen LogP) is 0.983. The molecule has 0 aliphatic heterocycles. The van der Waals surface area contributed by atoms with E-state index in [1.165, 1.54) is 0 Å². The molecular weight excluding hydrogens is 168 g/mol. The molecule has 0 spiro atoms. The average molecular weight is 180 g/mol. The second kappa shape index (κ2) is 4.05. The van der Waals surface area contributed by atoms with Gasteiger partial charge in [-0.05, 0) is 12.5 Å². The van der Waals surface area contributed by atoms with Gasteiger partial charge in [-0.1, -0.05) is 29.8 Å². The molecular formula is C10H12O3. The minimum absolute atomic E-state index is 0.162. The number of hydrogen-bond acceptors (Lipinski definition) is 2. The summed E-state index contributed by atoms with van der Waals surface area (Å²) in [7, 11) is 0. The van der Waals surface area contributed by atoms with E-state index in [9.17, 15) is 4.79 Å². The molecule has 0 heterocycles. The van der Waals surface area contributed by atoms with Crippen LogP contribution in [0.5, 0.6) is 0 Å². The zero-order valence-electron chi connectivity index (χ0n) is 7.40. The van der Waals surface area contributed by atoms with Gasteiger partial charge in [0.15, 0.2) is 6.10 Å². The summed E-state index contributed by atoms with van der Waals surface area (Å²) in [5.74, 6) is -1.18. The largest absolute Gasteiger partial charge is 0.479 e. The van der Waals surface area contributed by atoms with E-state index in [0.717, 1.165) is 11.1 Å². The fourth-order valence-corrected chi connectivity index (χ4v) is 1.03. The molecule has 0 fully saturated rings. The van der Waals surface area contributed by atoms with Crippen molar-refractivity contribution in [1.82, 2.24) is 0 Å². The zero-order valence-corrected chi connectivity index (χ0v) is 7.40. The molecule has 0 amide bonds. The van der Waals surface area contributed by atoms with Crippen LogP contribution in [-0.2, 0) is 11.2 Å². The van der Waals surface area contributed by atoms with Gasteiger partial charge in [0.05, 0.1) is 0 Å². The molecule has 0 aromatic heterocycles. The number of carboxylic acid groups (broad SMARTS) is 1. The van der Waals surface area contributed by atoms with Crippen molar-refractivity contribution in [1.29, 1.82) is 0 Å². The van der Waals surface area contributed by atoms with Crippen molar-refractivity contribution in [2.45, 2.75) is 19.4 Å². The van der Waals surface area contributed by atoms with Crippen LogP contribution in [0.3, 0.4) is 0 Å². The van der Waals surface area contributed by atoms with E-state index in [1.807, 2.05) is 31.2 Å². The van der Waals surface area contributed by atoms with Gasteiger partial charge in [0, 0.05) is 6.42 Å². The molecule has 0 unspecified atom stereocenters. The van der Waals surface area contributed by atoms with E-state index in [2.05, 4.69) is 0 Å². The number of hydrogen-bond donors (Lipinski definition) is 2. The summed E-state index contributed by atoms with van der Waals surface area (Å²) < 4.78 is 0. The monoisotopic (exact) mass is 180 g/mol. The number of aliphatic hydroxyl groups excluding tert-OH is 1. The topological polar surface area (TPSA) is 57.5 Å². The Labute approximate surface area is 76.6 Å². The molecule has 0 bridgehead atoms. The van der Waals surface area contributed by atoms with Crippen molar-refractivity contribution in [2.75, 3.05) is 0 Å². The lowest BCUT2D eigenvalue weighted by Crippen LogP contribution is -2.21. The van der Waals surface area contributed by atoms with Gasteiger partial charge >= 0.3 is 5.97 Å². The molecule has 3 nitrogen and oxygen atoms in total. The Morgan fingerprint density at radius 3 is 2.38 bits per heavy atom. The van der Waals surface area contributed by atoms with E-state index >= 15 is 0 Å². The van der Waals surface area contributed by atoms with Gasteiger partial charge in [-0.2, -0.15) is 0 Å².